The van der Waals surface area contributed by atoms with Gasteiger partial charge in [0, 0.05) is 22.8 Å². The number of ether oxygens (including phenoxy) is 2. The van der Waals surface area contributed by atoms with E-state index in [1.807, 2.05) is 13.8 Å². The van der Waals surface area contributed by atoms with Gasteiger partial charge in [-0.3, -0.25) is 0 Å². The molecule has 1 aromatic carbocycles. The molecule has 4 nitrogen and oxygen atoms in total. The van der Waals surface area contributed by atoms with E-state index in [1.165, 1.54) is 0 Å². The van der Waals surface area contributed by atoms with Gasteiger partial charge < -0.3 is 15.2 Å². The Bertz CT molecular complexity index is 641. The minimum Gasteiger partial charge on any atom is -0.495 e. The van der Waals surface area contributed by atoms with E-state index in [-0.39, 0.29) is 0 Å². The van der Waals surface area contributed by atoms with Crippen molar-refractivity contribution in [2.24, 2.45) is 0 Å². The molecule has 0 atom stereocenters. The molecule has 0 spiro atoms. The van der Waals surface area contributed by atoms with Crippen molar-refractivity contribution in [1.82, 2.24) is 4.98 Å². The fourth-order valence-electron chi connectivity index (χ4n) is 2.17. The average molecular weight is 281 g/mol. The quantitative estimate of drug-likeness (QED) is 0.937. The maximum Gasteiger partial charge on any atom is 0.148 e. The number of hydrogen-bond acceptors (Lipinski definition) is 4. The number of fused-ring (bicyclic) bond motifs is 1. The third kappa shape index (κ3) is 2.06. The highest BCUT2D eigenvalue weighted by molar-refractivity contribution is 6.38. The maximum absolute atomic E-state index is 6.34. The number of nitrogens with two attached hydrogens (primary N) is 1. The van der Waals surface area contributed by atoms with Crippen LogP contribution in [0.3, 0.4) is 0 Å². The Morgan fingerprint density at radius 2 is 1.89 bits per heavy atom. The minimum atomic E-state index is 0.467. The van der Waals surface area contributed by atoms with Crippen LogP contribution in [0, 0.1) is 6.92 Å². The molecule has 0 unspecified atom stereocenters. The largest absolute Gasteiger partial charge is 0.495 e. The van der Waals surface area contributed by atoms with Crippen LogP contribution in [0.4, 0.5) is 5.69 Å². The predicted octanol–water partition coefficient (Wildman–Crippen LogP) is 3.36. The summed E-state index contributed by atoms with van der Waals surface area (Å²) in [6.07, 6.45) is 0.804. The molecule has 1 heterocycles. The third-order valence-corrected chi connectivity index (χ3v) is 3.67. The number of nitrogen functional groups attached to an aromatic ring is 1. The highest BCUT2D eigenvalue weighted by Crippen LogP contribution is 2.42. The molecule has 0 saturated carbocycles. The molecule has 0 bridgehead atoms. The van der Waals surface area contributed by atoms with Crippen molar-refractivity contribution in [3.8, 4) is 11.5 Å². The number of methoxy groups -OCH3 is 2. The van der Waals surface area contributed by atoms with Crippen LogP contribution >= 0.6 is 11.6 Å². The topological polar surface area (TPSA) is 57.4 Å². The Balaban J connectivity index is 2.97. The van der Waals surface area contributed by atoms with Crippen LogP contribution in [0.5, 0.6) is 11.5 Å². The van der Waals surface area contributed by atoms with E-state index in [4.69, 9.17) is 26.8 Å². The second-order valence-electron chi connectivity index (χ2n) is 4.27. The number of halogens is 1. The number of hydrogen-bond donors (Lipinski definition) is 1. The molecular formula is C14H17ClN2O2. The molecule has 2 N–H and O–H groups in total. The van der Waals surface area contributed by atoms with Crippen molar-refractivity contribution < 1.29 is 9.47 Å². The molecule has 5 heteroatoms. The van der Waals surface area contributed by atoms with Crippen molar-refractivity contribution in [2.75, 3.05) is 20.0 Å². The Labute approximate surface area is 117 Å². The van der Waals surface area contributed by atoms with Gasteiger partial charge in [-0.2, -0.15) is 0 Å². The molecule has 19 heavy (non-hydrogen) atoms. The summed E-state index contributed by atoms with van der Waals surface area (Å²) >= 11 is 6.34. The zero-order valence-electron chi connectivity index (χ0n) is 11.5. The van der Waals surface area contributed by atoms with Crippen molar-refractivity contribution in [3.63, 3.8) is 0 Å². The van der Waals surface area contributed by atoms with E-state index in [2.05, 4.69) is 4.98 Å². The third-order valence-electron chi connectivity index (χ3n) is 3.30. The summed E-state index contributed by atoms with van der Waals surface area (Å²) in [5, 5.41) is 1.15. The smallest absolute Gasteiger partial charge is 0.148 e. The summed E-state index contributed by atoms with van der Waals surface area (Å²) in [4.78, 5) is 4.62. The van der Waals surface area contributed by atoms with E-state index in [9.17, 15) is 0 Å². The standard InChI is InChI=1S/C14H17ClN2O2/c1-5-8-7(2)13(16)11-12(15)9(18-3)6-10(19-4)14(11)17-8/h6H,5H2,1-4H3,(H2,16,17). The van der Waals surface area contributed by atoms with E-state index >= 15 is 0 Å². The summed E-state index contributed by atoms with van der Waals surface area (Å²) in [6, 6.07) is 1.73. The number of aryl methyl sites for hydroxylation is 1. The minimum absolute atomic E-state index is 0.467. The molecule has 1 aromatic heterocycles. The lowest BCUT2D eigenvalue weighted by Gasteiger charge is -2.15. The van der Waals surface area contributed by atoms with Crippen LogP contribution in [0.15, 0.2) is 6.07 Å². The average Bonchev–Trinajstić information content (AvgIpc) is 2.42. The fourth-order valence-corrected chi connectivity index (χ4v) is 2.49. The highest BCUT2D eigenvalue weighted by Gasteiger charge is 2.18. The van der Waals surface area contributed by atoms with Crippen LogP contribution in [-0.4, -0.2) is 19.2 Å². The number of nitrogens with zero attached hydrogens (tertiary/aromatic N) is 1. The van der Waals surface area contributed by atoms with Crippen molar-refractivity contribution >= 4 is 28.2 Å². The van der Waals surface area contributed by atoms with Gasteiger partial charge in [-0.25, -0.2) is 4.98 Å². The van der Waals surface area contributed by atoms with Gasteiger partial charge in [-0.15, -0.1) is 0 Å². The van der Waals surface area contributed by atoms with Gasteiger partial charge in [0.05, 0.1) is 19.2 Å². The molecule has 102 valence electrons. The summed E-state index contributed by atoms with van der Waals surface area (Å²) < 4.78 is 10.6. The van der Waals surface area contributed by atoms with E-state index in [0.29, 0.717) is 33.1 Å². The van der Waals surface area contributed by atoms with E-state index < -0.39 is 0 Å². The number of rotatable bonds is 3. The Kier molecular flexibility index (Phi) is 3.71. The molecule has 0 saturated heterocycles. The molecule has 0 fully saturated rings. The van der Waals surface area contributed by atoms with Crippen LogP contribution in [0.25, 0.3) is 10.9 Å². The summed E-state index contributed by atoms with van der Waals surface area (Å²) in [6.45, 7) is 3.99. The normalized spacial score (nSPS) is 10.8. The lowest BCUT2D eigenvalue weighted by molar-refractivity contribution is 0.397. The van der Waals surface area contributed by atoms with Crippen LogP contribution in [0.1, 0.15) is 18.2 Å². The van der Waals surface area contributed by atoms with Crippen LogP contribution in [-0.2, 0) is 6.42 Å². The Morgan fingerprint density at radius 3 is 2.42 bits per heavy atom. The first kappa shape index (κ1) is 13.7. The number of anilines is 1. The predicted molar refractivity (Wildman–Crippen MR) is 78.4 cm³/mol. The van der Waals surface area contributed by atoms with Crippen LogP contribution < -0.4 is 15.2 Å². The van der Waals surface area contributed by atoms with Gasteiger partial charge in [0.15, 0.2) is 0 Å². The molecule has 0 aliphatic rings. The number of pyridine rings is 1. The molecule has 2 aromatic rings. The van der Waals surface area contributed by atoms with Crippen LogP contribution in [0.2, 0.25) is 5.02 Å². The first-order valence-corrected chi connectivity index (χ1v) is 6.42. The molecule has 0 aliphatic heterocycles. The van der Waals surface area contributed by atoms with Crippen molar-refractivity contribution in [2.45, 2.75) is 20.3 Å². The maximum atomic E-state index is 6.34. The van der Waals surface area contributed by atoms with E-state index in [1.54, 1.807) is 20.3 Å². The summed E-state index contributed by atoms with van der Waals surface area (Å²) in [5.41, 5.74) is 9.41. The lowest BCUT2D eigenvalue weighted by atomic mass is 10.0. The molecule has 0 aliphatic carbocycles. The van der Waals surface area contributed by atoms with Gasteiger partial charge in [0.1, 0.15) is 17.0 Å². The first-order valence-electron chi connectivity index (χ1n) is 6.04. The van der Waals surface area contributed by atoms with Gasteiger partial charge in [0.25, 0.3) is 0 Å². The zero-order chi connectivity index (χ0) is 14.2. The van der Waals surface area contributed by atoms with Crippen molar-refractivity contribution in [1.29, 1.82) is 0 Å². The van der Waals surface area contributed by atoms with E-state index in [0.717, 1.165) is 17.7 Å². The lowest BCUT2D eigenvalue weighted by Crippen LogP contribution is -2.02. The summed E-state index contributed by atoms with van der Waals surface area (Å²) in [7, 11) is 3.15. The molecule has 0 amide bonds. The van der Waals surface area contributed by atoms with Gasteiger partial charge in [0.2, 0.25) is 0 Å². The van der Waals surface area contributed by atoms with Gasteiger partial charge in [-0.1, -0.05) is 18.5 Å². The Hall–Kier alpha value is -1.68. The first-order chi connectivity index (χ1) is 9.04. The van der Waals surface area contributed by atoms with Gasteiger partial charge in [-0.05, 0) is 18.9 Å². The second-order valence-corrected chi connectivity index (χ2v) is 4.65. The SMILES string of the molecule is CCc1nc2c(OC)cc(OC)c(Cl)c2c(N)c1C. The zero-order valence-corrected chi connectivity index (χ0v) is 12.3. The van der Waals surface area contributed by atoms with Gasteiger partial charge >= 0.3 is 0 Å². The Morgan fingerprint density at radius 1 is 1.26 bits per heavy atom. The second kappa shape index (κ2) is 5.13. The number of aromatic nitrogens is 1. The monoisotopic (exact) mass is 280 g/mol. The highest BCUT2D eigenvalue weighted by atomic mass is 35.5. The van der Waals surface area contributed by atoms with Crippen molar-refractivity contribution in [3.05, 3.63) is 22.3 Å². The molecule has 2 rings (SSSR count). The summed E-state index contributed by atoms with van der Waals surface area (Å²) in [5.74, 6) is 1.14. The fraction of sp³-hybridized carbons (Fsp3) is 0.357. The number of benzene rings is 1. The molecular weight excluding hydrogens is 264 g/mol. The molecule has 0 radical (unpaired) electrons.